The summed E-state index contributed by atoms with van der Waals surface area (Å²) in [6, 6.07) is 13.0. The van der Waals surface area contributed by atoms with E-state index in [1.165, 1.54) is 13.2 Å². The minimum Gasteiger partial charge on any atom is -0.497 e. The summed E-state index contributed by atoms with van der Waals surface area (Å²) in [5.41, 5.74) is 0.913. The summed E-state index contributed by atoms with van der Waals surface area (Å²) in [4.78, 5) is 36.0. The fourth-order valence-electron chi connectivity index (χ4n) is 2.93. The molecule has 0 saturated carbocycles. The van der Waals surface area contributed by atoms with Gasteiger partial charge < -0.3 is 23.9 Å². The molecule has 0 aliphatic rings. The zero-order valence-corrected chi connectivity index (χ0v) is 18.4. The minimum absolute atomic E-state index is 0.0881. The molecule has 168 valence electrons. The second-order valence-electron chi connectivity index (χ2n) is 8.08. The molecule has 0 atom stereocenters. The molecule has 0 unspecified atom stereocenters. The first kappa shape index (κ1) is 22.9. The van der Waals surface area contributed by atoms with E-state index in [9.17, 15) is 14.4 Å². The lowest BCUT2D eigenvalue weighted by Crippen LogP contribution is -2.32. The third-order valence-corrected chi connectivity index (χ3v) is 4.42. The molecule has 0 saturated heterocycles. The molecule has 1 N–H and O–H groups in total. The molecule has 8 nitrogen and oxygen atoms in total. The molecule has 3 rings (SSSR count). The Balaban J connectivity index is 1.62. The highest BCUT2D eigenvalue weighted by molar-refractivity contribution is 5.89. The highest BCUT2D eigenvalue weighted by atomic mass is 16.6. The van der Waals surface area contributed by atoms with E-state index in [0.29, 0.717) is 27.8 Å². The number of carbonyl (C=O) groups excluding carboxylic acids is 2. The van der Waals surface area contributed by atoms with Crippen molar-refractivity contribution in [1.82, 2.24) is 5.32 Å². The Morgan fingerprint density at radius 3 is 2.41 bits per heavy atom. The Morgan fingerprint density at radius 2 is 1.75 bits per heavy atom. The number of benzene rings is 2. The second kappa shape index (κ2) is 9.55. The van der Waals surface area contributed by atoms with Crippen LogP contribution in [0.25, 0.3) is 11.0 Å². The molecule has 3 aromatic rings. The summed E-state index contributed by atoms with van der Waals surface area (Å²) in [7, 11) is 1.52. The maximum Gasteiger partial charge on any atom is 0.407 e. The normalized spacial score (nSPS) is 11.1. The molecule has 0 bridgehead atoms. The molecule has 0 radical (unpaired) electrons. The van der Waals surface area contributed by atoms with Crippen LogP contribution in [0.3, 0.4) is 0 Å². The molecule has 32 heavy (non-hydrogen) atoms. The highest BCUT2D eigenvalue weighted by Crippen LogP contribution is 2.23. The van der Waals surface area contributed by atoms with Crippen LogP contribution in [-0.4, -0.2) is 24.8 Å². The van der Waals surface area contributed by atoms with Crippen LogP contribution in [0.2, 0.25) is 0 Å². The third kappa shape index (κ3) is 6.10. The van der Waals surface area contributed by atoms with Crippen LogP contribution in [0.1, 0.15) is 42.3 Å². The fraction of sp³-hybridized carbons (Fsp3) is 0.292. The van der Waals surface area contributed by atoms with E-state index in [4.69, 9.17) is 18.6 Å². The van der Waals surface area contributed by atoms with Crippen molar-refractivity contribution < 1.29 is 28.2 Å². The van der Waals surface area contributed by atoms with Crippen molar-refractivity contribution in [2.75, 3.05) is 7.11 Å². The molecule has 2 aromatic carbocycles. The third-order valence-electron chi connectivity index (χ3n) is 4.42. The number of ether oxygens (including phenoxy) is 3. The van der Waals surface area contributed by atoms with Crippen molar-refractivity contribution in [2.24, 2.45) is 0 Å². The smallest absolute Gasteiger partial charge is 0.407 e. The lowest BCUT2D eigenvalue weighted by atomic mass is 10.1. The first-order valence-corrected chi connectivity index (χ1v) is 9.98. The van der Waals surface area contributed by atoms with Crippen LogP contribution in [0.5, 0.6) is 5.75 Å². The van der Waals surface area contributed by atoms with Gasteiger partial charge in [0.1, 0.15) is 23.5 Å². The van der Waals surface area contributed by atoms with Gasteiger partial charge in [-0.3, -0.25) is 0 Å². The number of hydrogen-bond acceptors (Lipinski definition) is 7. The van der Waals surface area contributed by atoms with Crippen LogP contribution in [0.15, 0.2) is 57.7 Å². The quantitative estimate of drug-likeness (QED) is 0.454. The Kier molecular flexibility index (Phi) is 6.82. The fourth-order valence-corrected chi connectivity index (χ4v) is 2.93. The van der Waals surface area contributed by atoms with Crippen molar-refractivity contribution in [3.8, 4) is 5.75 Å². The number of carbonyl (C=O) groups is 2. The zero-order chi connectivity index (χ0) is 23.3. The number of amides is 1. The largest absolute Gasteiger partial charge is 0.497 e. The lowest BCUT2D eigenvalue weighted by Gasteiger charge is -2.19. The van der Waals surface area contributed by atoms with Crippen molar-refractivity contribution >= 4 is 23.0 Å². The summed E-state index contributed by atoms with van der Waals surface area (Å²) in [6.07, 6.45) is -0.516. The number of alkyl carbamates (subject to hydrolysis) is 1. The van der Waals surface area contributed by atoms with Crippen molar-refractivity contribution in [3.63, 3.8) is 0 Å². The summed E-state index contributed by atoms with van der Waals surface area (Å²) >= 11 is 0. The molecular formula is C24H25NO7. The van der Waals surface area contributed by atoms with Crippen molar-refractivity contribution in [1.29, 1.82) is 0 Å². The number of fused-ring (bicyclic) bond motifs is 1. The minimum atomic E-state index is -0.575. The number of esters is 1. The number of hydrogen-bond donors (Lipinski definition) is 1. The number of rotatable bonds is 6. The maximum absolute atomic E-state index is 12.4. The van der Waals surface area contributed by atoms with Crippen LogP contribution < -0.4 is 15.7 Å². The number of nitrogens with one attached hydrogen (secondary N) is 1. The van der Waals surface area contributed by atoms with Gasteiger partial charge in [-0.2, -0.15) is 0 Å². The van der Waals surface area contributed by atoms with Crippen LogP contribution in [0.4, 0.5) is 4.79 Å². The molecule has 8 heteroatoms. The highest BCUT2D eigenvalue weighted by Gasteiger charge is 2.16. The van der Waals surface area contributed by atoms with Crippen LogP contribution >= 0.6 is 0 Å². The predicted molar refractivity (Wildman–Crippen MR) is 118 cm³/mol. The van der Waals surface area contributed by atoms with Gasteiger partial charge in [0.25, 0.3) is 0 Å². The van der Waals surface area contributed by atoms with Crippen molar-refractivity contribution in [3.05, 3.63) is 75.6 Å². The molecule has 1 aromatic heterocycles. The molecule has 0 aliphatic carbocycles. The number of methoxy groups -OCH3 is 1. The predicted octanol–water partition coefficient (Wildman–Crippen LogP) is 4.18. The molecular weight excluding hydrogens is 414 g/mol. The Bertz CT molecular complexity index is 1170. The Labute approximate surface area is 185 Å². The van der Waals surface area contributed by atoms with Gasteiger partial charge in [-0.25, -0.2) is 14.4 Å². The van der Waals surface area contributed by atoms with Gasteiger partial charge in [0.05, 0.1) is 12.7 Å². The van der Waals surface area contributed by atoms with E-state index in [2.05, 4.69) is 5.32 Å². The monoisotopic (exact) mass is 439 g/mol. The first-order chi connectivity index (χ1) is 15.1. The standard InChI is InChI=1S/C24H25NO7/c1-24(2,3)32-23(28)25-13-15-5-7-16(8-6-15)22(27)30-14-17-11-21(26)31-20-12-18(29-4)9-10-19(17)20/h5-12H,13-14H2,1-4H3,(H,25,28). The first-order valence-electron chi connectivity index (χ1n) is 9.98. The maximum atomic E-state index is 12.4. The van der Waals surface area contributed by atoms with E-state index < -0.39 is 23.3 Å². The van der Waals surface area contributed by atoms with E-state index in [-0.39, 0.29) is 13.2 Å². The van der Waals surface area contributed by atoms with Gasteiger partial charge in [0, 0.05) is 29.6 Å². The average Bonchev–Trinajstić information content (AvgIpc) is 2.74. The van der Waals surface area contributed by atoms with Crippen molar-refractivity contribution in [2.45, 2.75) is 39.5 Å². The molecule has 0 aliphatic heterocycles. The summed E-state index contributed by atoms with van der Waals surface area (Å²) in [6.45, 7) is 5.53. The SMILES string of the molecule is COc1ccc2c(COC(=O)c3ccc(CNC(=O)OC(C)(C)C)cc3)cc(=O)oc2c1. The second-order valence-corrected chi connectivity index (χ2v) is 8.08. The molecule has 1 heterocycles. The summed E-state index contributed by atoms with van der Waals surface area (Å²) < 4.78 is 20.9. The van der Waals surface area contributed by atoms with Gasteiger partial charge in [0.2, 0.25) is 0 Å². The summed E-state index contributed by atoms with van der Waals surface area (Å²) in [5, 5.41) is 3.31. The average molecular weight is 439 g/mol. The van der Waals surface area contributed by atoms with Gasteiger partial charge in [0.15, 0.2) is 0 Å². The zero-order valence-electron chi connectivity index (χ0n) is 18.4. The summed E-state index contributed by atoms with van der Waals surface area (Å²) in [5.74, 6) is 0.0163. The van der Waals surface area contributed by atoms with Gasteiger partial charge >= 0.3 is 17.7 Å². The van der Waals surface area contributed by atoms with E-state index >= 15 is 0 Å². The molecule has 1 amide bonds. The van der Waals surface area contributed by atoms with Gasteiger partial charge in [-0.1, -0.05) is 12.1 Å². The van der Waals surface area contributed by atoms with E-state index in [0.717, 1.165) is 5.56 Å². The van der Waals surface area contributed by atoms with Gasteiger partial charge in [-0.05, 0) is 50.6 Å². The molecule has 0 fully saturated rings. The lowest BCUT2D eigenvalue weighted by molar-refractivity contribution is 0.0471. The Hall–Kier alpha value is -3.81. The van der Waals surface area contributed by atoms with Crippen LogP contribution in [-0.2, 0) is 22.6 Å². The topological polar surface area (TPSA) is 104 Å². The van der Waals surface area contributed by atoms with Gasteiger partial charge in [-0.15, -0.1) is 0 Å². The Morgan fingerprint density at radius 1 is 1.03 bits per heavy atom. The van der Waals surface area contributed by atoms with Crippen LogP contribution in [0, 0.1) is 0 Å². The van der Waals surface area contributed by atoms with E-state index in [1.54, 1.807) is 63.2 Å². The molecule has 0 spiro atoms. The van der Waals surface area contributed by atoms with E-state index in [1.807, 2.05) is 0 Å².